The molecule has 1 spiro atoms. The molecule has 0 radical (unpaired) electrons. The minimum atomic E-state index is -0.403. The summed E-state index contributed by atoms with van der Waals surface area (Å²) in [7, 11) is 0. The lowest BCUT2D eigenvalue weighted by Gasteiger charge is -2.52. The highest BCUT2D eigenvalue weighted by Gasteiger charge is 2.46. The number of hydrogen-bond donors (Lipinski definition) is 3. The van der Waals surface area contributed by atoms with Gasteiger partial charge in [0.1, 0.15) is 11.6 Å². The summed E-state index contributed by atoms with van der Waals surface area (Å²) in [6.07, 6.45) is 6.47. The van der Waals surface area contributed by atoms with Gasteiger partial charge in [-0.2, -0.15) is 0 Å². The highest BCUT2D eigenvalue weighted by Crippen LogP contribution is 2.54. The van der Waals surface area contributed by atoms with E-state index in [1.54, 1.807) is 19.1 Å². The summed E-state index contributed by atoms with van der Waals surface area (Å²) in [4.78, 5) is 13.9. The molecule has 1 aliphatic heterocycles. The summed E-state index contributed by atoms with van der Waals surface area (Å²) in [6, 6.07) is 4.70. The van der Waals surface area contributed by atoms with Crippen molar-refractivity contribution in [3.05, 3.63) is 29.6 Å². The van der Waals surface area contributed by atoms with Gasteiger partial charge in [0.15, 0.2) is 0 Å². The van der Waals surface area contributed by atoms with Crippen molar-refractivity contribution >= 4 is 11.8 Å². The number of benzene rings is 1. The molecule has 7 nitrogen and oxygen atoms in total. The predicted octanol–water partition coefficient (Wildman–Crippen LogP) is 7.67. The number of ether oxygens (including phenoxy) is 2. The zero-order chi connectivity index (χ0) is 25.0. The second-order valence-corrected chi connectivity index (χ2v) is 8.95. The van der Waals surface area contributed by atoms with E-state index in [1.165, 1.54) is 18.9 Å². The number of carbonyl (C=O) groups is 1. The molecule has 1 heterocycles. The van der Waals surface area contributed by atoms with E-state index < -0.39 is 5.82 Å². The smallest absolute Gasteiger partial charge is 0.410 e. The molecule has 0 unspecified atom stereocenters. The standard InChI is InChI=1S/C23H33FN2O3.C2H6.CH4.H2N2/c1-16(2)29-22(27)26-10-8-23(9-11-26)14-18(15-23)5-4-12-28-19-6-7-20(17(3)25)21(24)13-19;1-2;;1-2/h6-7,13,16,18,25H,4-5,8-12,14-15H2,1-3H3;1-2H3;1H4;1-2H. The number of piperidine rings is 1. The van der Waals surface area contributed by atoms with Crippen molar-refractivity contribution < 1.29 is 18.7 Å². The molecule has 0 aromatic heterocycles. The van der Waals surface area contributed by atoms with Crippen LogP contribution in [0, 0.1) is 33.6 Å². The van der Waals surface area contributed by atoms with Crippen molar-refractivity contribution in [3.63, 3.8) is 0 Å². The van der Waals surface area contributed by atoms with Crippen LogP contribution in [-0.4, -0.2) is 42.5 Å². The molecule has 1 aromatic carbocycles. The Balaban J connectivity index is 0.00000207. The summed E-state index contributed by atoms with van der Waals surface area (Å²) in [5.74, 6) is 0.852. The van der Waals surface area contributed by atoms with Crippen LogP contribution in [0.1, 0.15) is 86.1 Å². The third kappa shape index (κ3) is 9.03. The van der Waals surface area contributed by atoms with Crippen LogP contribution in [0.25, 0.3) is 0 Å². The molecule has 2 fully saturated rings. The van der Waals surface area contributed by atoms with Gasteiger partial charge in [-0.05, 0) is 82.8 Å². The third-order valence-electron chi connectivity index (χ3n) is 6.23. The van der Waals surface area contributed by atoms with Gasteiger partial charge < -0.3 is 19.8 Å². The van der Waals surface area contributed by atoms with Gasteiger partial charge in [0.25, 0.3) is 0 Å². The molecular formula is C26H45FN4O3. The third-order valence-corrected chi connectivity index (χ3v) is 6.23. The summed E-state index contributed by atoms with van der Waals surface area (Å²) in [5.41, 5.74) is 11.0. The first-order valence-electron chi connectivity index (χ1n) is 12.0. The number of carbonyl (C=O) groups excluding carboxylic acids is 1. The first-order valence-corrected chi connectivity index (χ1v) is 12.0. The second kappa shape index (κ2) is 15.4. The van der Waals surface area contributed by atoms with E-state index in [9.17, 15) is 9.18 Å². The average molecular weight is 481 g/mol. The Morgan fingerprint density at radius 3 is 2.29 bits per heavy atom. The van der Waals surface area contributed by atoms with E-state index in [-0.39, 0.29) is 25.3 Å². The Labute approximate surface area is 205 Å². The summed E-state index contributed by atoms with van der Waals surface area (Å²) in [6.45, 7) is 11.5. The lowest BCUT2D eigenvalue weighted by molar-refractivity contribution is -0.0203. The SMILES string of the molecule is C.CC.CC(=N)c1ccc(OCCCC2CC3(CCN(C(=O)OC(C)C)CC3)C2)cc1F.N=N. The Morgan fingerprint density at radius 2 is 1.79 bits per heavy atom. The summed E-state index contributed by atoms with van der Waals surface area (Å²) in [5, 5.41) is 7.52. The molecule has 0 bridgehead atoms. The predicted molar refractivity (Wildman–Crippen MR) is 135 cm³/mol. The molecule has 1 saturated heterocycles. The van der Waals surface area contributed by atoms with Crippen molar-refractivity contribution in [1.82, 2.24) is 4.90 Å². The molecule has 0 atom stereocenters. The fraction of sp³-hybridized carbons (Fsp3) is 0.692. The van der Waals surface area contributed by atoms with Crippen molar-refractivity contribution in [2.45, 2.75) is 86.7 Å². The maximum atomic E-state index is 13.9. The first kappa shape index (κ1) is 31.5. The lowest BCUT2D eigenvalue weighted by Crippen LogP contribution is -2.49. The van der Waals surface area contributed by atoms with E-state index in [0.29, 0.717) is 23.3 Å². The van der Waals surface area contributed by atoms with E-state index in [4.69, 9.17) is 25.9 Å². The molecule has 1 amide bonds. The van der Waals surface area contributed by atoms with Crippen molar-refractivity contribution in [1.29, 1.82) is 16.5 Å². The molecule has 1 aromatic rings. The van der Waals surface area contributed by atoms with Crippen LogP contribution in [0.4, 0.5) is 9.18 Å². The summed E-state index contributed by atoms with van der Waals surface area (Å²) >= 11 is 0. The number of nitrogens with zero attached hydrogens (tertiary/aromatic N) is 1. The maximum Gasteiger partial charge on any atom is 0.410 e. The first-order chi connectivity index (χ1) is 15.8. The molecule has 1 saturated carbocycles. The van der Waals surface area contributed by atoms with E-state index >= 15 is 0 Å². The molecule has 3 rings (SSSR count). The molecule has 2 aliphatic rings. The molecule has 8 heteroatoms. The average Bonchev–Trinajstić information content (AvgIpc) is 2.78. The zero-order valence-corrected chi connectivity index (χ0v) is 20.8. The Morgan fingerprint density at radius 1 is 1.21 bits per heavy atom. The lowest BCUT2D eigenvalue weighted by atomic mass is 9.56. The maximum absolute atomic E-state index is 13.9. The van der Waals surface area contributed by atoms with Gasteiger partial charge in [-0.25, -0.2) is 20.2 Å². The Bertz CT molecular complexity index is 756. The largest absolute Gasteiger partial charge is 0.493 e. The van der Waals surface area contributed by atoms with Gasteiger partial charge in [-0.1, -0.05) is 21.3 Å². The molecule has 194 valence electrons. The van der Waals surface area contributed by atoms with Crippen LogP contribution in [-0.2, 0) is 4.74 Å². The van der Waals surface area contributed by atoms with Crippen LogP contribution in [0.5, 0.6) is 5.75 Å². The van der Waals surface area contributed by atoms with Crippen molar-refractivity contribution in [3.8, 4) is 5.75 Å². The van der Waals surface area contributed by atoms with Crippen LogP contribution in [0.3, 0.4) is 0 Å². The monoisotopic (exact) mass is 480 g/mol. The number of likely N-dealkylation sites (tertiary alicyclic amines) is 1. The van der Waals surface area contributed by atoms with Gasteiger partial charge in [0.05, 0.1) is 12.7 Å². The number of hydrogen-bond acceptors (Lipinski definition) is 6. The van der Waals surface area contributed by atoms with Crippen LogP contribution in [0.15, 0.2) is 18.2 Å². The minimum Gasteiger partial charge on any atom is -0.493 e. The van der Waals surface area contributed by atoms with E-state index in [1.807, 2.05) is 32.6 Å². The molecule has 1 aliphatic carbocycles. The van der Waals surface area contributed by atoms with E-state index in [2.05, 4.69) is 0 Å². The van der Waals surface area contributed by atoms with Crippen LogP contribution < -0.4 is 4.74 Å². The highest BCUT2D eigenvalue weighted by atomic mass is 19.1. The van der Waals surface area contributed by atoms with Gasteiger partial charge in [0.2, 0.25) is 0 Å². The van der Waals surface area contributed by atoms with Crippen molar-refractivity contribution in [2.75, 3.05) is 19.7 Å². The van der Waals surface area contributed by atoms with E-state index in [0.717, 1.165) is 44.7 Å². The topological polar surface area (TPSA) is 110 Å². The number of rotatable bonds is 7. The van der Waals surface area contributed by atoms with Gasteiger partial charge in [-0.3, -0.25) is 0 Å². The fourth-order valence-electron chi connectivity index (χ4n) is 4.67. The summed E-state index contributed by atoms with van der Waals surface area (Å²) < 4.78 is 24.9. The van der Waals surface area contributed by atoms with Gasteiger partial charge >= 0.3 is 6.09 Å². The van der Waals surface area contributed by atoms with Crippen molar-refractivity contribution in [2.24, 2.45) is 11.3 Å². The Hall–Kier alpha value is -2.51. The molecule has 34 heavy (non-hydrogen) atoms. The van der Waals surface area contributed by atoms with Crippen LogP contribution in [0.2, 0.25) is 0 Å². The number of nitrogens with one attached hydrogen (secondary N) is 3. The normalized spacial score (nSPS) is 16.1. The fourth-order valence-corrected chi connectivity index (χ4v) is 4.67. The molecule has 3 N–H and O–H groups in total. The zero-order valence-electron chi connectivity index (χ0n) is 20.8. The van der Waals surface area contributed by atoms with Gasteiger partial charge in [-0.15, -0.1) is 0 Å². The number of halogens is 1. The highest BCUT2D eigenvalue weighted by molar-refractivity contribution is 5.96. The quantitative estimate of drug-likeness (QED) is 0.211. The van der Waals surface area contributed by atoms with Gasteiger partial charge in [0, 0.05) is 30.4 Å². The Kier molecular flexibility index (Phi) is 14.3. The number of amides is 1. The second-order valence-electron chi connectivity index (χ2n) is 8.95. The molecular weight excluding hydrogens is 435 g/mol. The minimum absolute atomic E-state index is 0. The van der Waals surface area contributed by atoms with Crippen LogP contribution >= 0.6 is 0 Å².